The zero-order valence-electron chi connectivity index (χ0n) is 13.6. The van der Waals surface area contributed by atoms with Gasteiger partial charge in [-0.25, -0.2) is 0 Å². The Morgan fingerprint density at radius 2 is 2.09 bits per heavy atom. The van der Waals surface area contributed by atoms with Crippen molar-refractivity contribution in [3.05, 3.63) is 42.0 Å². The van der Waals surface area contributed by atoms with Crippen LogP contribution in [0.25, 0.3) is 10.8 Å². The van der Waals surface area contributed by atoms with Crippen LogP contribution in [0, 0.1) is 11.3 Å². The van der Waals surface area contributed by atoms with Gasteiger partial charge in [0.15, 0.2) is 0 Å². The second-order valence-corrected chi connectivity index (χ2v) is 5.61. The molecule has 5 heteroatoms. The van der Waals surface area contributed by atoms with E-state index in [1.807, 2.05) is 36.4 Å². The van der Waals surface area contributed by atoms with Gasteiger partial charge in [-0.2, -0.15) is 5.26 Å². The number of nitrogens with one attached hydrogen (secondary N) is 1. The van der Waals surface area contributed by atoms with E-state index in [0.717, 1.165) is 22.1 Å². The molecule has 1 amide bonds. The van der Waals surface area contributed by atoms with Gasteiger partial charge in [-0.05, 0) is 35.4 Å². The molecule has 0 spiro atoms. The fourth-order valence-electron chi connectivity index (χ4n) is 2.51. The van der Waals surface area contributed by atoms with Gasteiger partial charge in [0, 0.05) is 7.11 Å². The minimum absolute atomic E-state index is 0.138. The highest BCUT2D eigenvalue weighted by Crippen LogP contribution is 2.24. The van der Waals surface area contributed by atoms with Crippen molar-refractivity contribution < 1.29 is 14.3 Å². The maximum atomic E-state index is 12.3. The fourth-order valence-corrected chi connectivity index (χ4v) is 2.51. The van der Waals surface area contributed by atoms with E-state index in [1.54, 1.807) is 14.0 Å². The summed E-state index contributed by atoms with van der Waals surface area (Å²) in [6.07, 6.45) is 0.186. The Morgan fingerprint density at radius 3 is 2.74 bits per heavy atom. The normalized spacial score (nSPS) is 13.1. The standard InChI is InChI=1S/C18H20N2O3/c1-18(11-19,12-22-2)20-17(21)9-14-6-4-5-13-7-8-15(23-3)10-16(13)14/h4-8,10H,9,12H2,1-3H3,(H,20,21)/t18-/m1/s1. The van der Waals surface area contributed by atoms with Crippen molar-refractivity contribution in [2.24, 2.45) is 0 Å². The topological polar surface area (TPSA) is 71.3 Å². The largest absolute Gasteiger partial charge is 0.497 e. The van der Waals surface area contributed by atoms with Gasteiger partial charge in [-0.15, -0.1) is 0 Å². The molecule has 2 aromatic rings. The Balaban J connectivity index is 2.24. The number of amides is 1. The molecule has 2 rings (SSSR count). The maximum Gasteiger partial charge on any atom is 0.225 e. The maximum absolute atomic E-state index is 12.3. The molecule has 0 fully saturated rings. The number of fused-ring (bicyclic) bond motifs is 1. The number of benzene rings is 2. The van der Waals surface area contributed by atoms with Gasteiger partial charge in [-0.3, -0.25) is 4.79 Å². The number of methoxy groups -OCH3 is 2. The number of nitriles is 1. The van der Waals surface area contributed by atoms with Crippen molar-refractivity contribution in [3.8, 4) is 11.8 Å². The first-order valence-corrected chi connectivity index (χ1v) is 7.28. The highest BCUT2D eigenvalue weighted by Gasteiger charge is 2.26. The fraction of sp³-hybridized carbons (Fsp3) is 0.333. The molecule has 0 heterocycles. The van der Waals surface area contributed by atoms with E-state index in [9.17, 15) is 10.1 Å². The molecule has 0 aliphatic carbocycles. The van der Waals surface area contributed by atoms with E-state index in [-0.39, 0.29) is 18.9 Å². The first-order chi connectivity index (χ1) is 11.0. The summed E-state index contributed by atoms with van der Waals surface area (Å²) in [5, 5.41) is 13.9. The quantitative estimate of drug-likeness (QED) is 0.889. The Bertz CT molecular complexity index is 752. The van der Waals surface area contributed by atoms with E-state index in [2.05, 4.69) is 11.4 Å². The average Bonchev–Trinajstić information content (AvgIpc) is 2.54. The summed E-state index contributed by atoms with van der Waals surface area (Å²) in [5.74, 6) is 0.521. The van der Waals surface area contributed by atoms with Crippen molar-refractivity contribution >= 4 is 16.7 Å². The predicted octanol–water partition coefficient (Wildman–Crippen LogP) is 2.44. The van der Waals surface area contributed by atoms with E-state index in [4.69, 9.17) is 9.47 Å². The van der Waals surface area contributed by atoms with Gasteiger partial charge in [0.1, 0.15) is 11.3 Å². The van der Waals surface area contributed by atoms with Crippen LogP contribution >= 0.6 is 0 Å². The third-order valence-electron chi connectivity index (χ3n) is 3.63. The molecule has 120 valence electrons. The van der Waals surface area contributed by atoms with Crippen molar-refractivity contribution in [1.29, 1.82) is 5.26 Å². The van der Waals surface area contributed by atoms with Gasteiger partial charge < -0.3 is 14.8 Å². The van der Waals surface area contributed by atoms with E-state index in [0.29, 0.717) is 0 Å². The highest BCUT2D eigenvalue weighted by molar-refractivity contribution is 5.91. The van der Waals surface area contributed by atoms with Gasteiger partial charge in [0.25, 0.3) is 0 Å². The molecule has 0 saturated heterocycles. The van der Waals surface area contributed by atoms with Crippen LogP contribution in [0.4, 0.5) is 0 Å². The van der Waals surface area contributed by atoms with Crippen LogP contribution in [0.3, 0.4) is 0 Å². The summed E-state index contributed by atoms with van der Waals surface area (Å²) in [6.45, 7) is 1.78. The molecule has 23 heavy (non-hydrogen) atoms. The molecule has 5 nitrogen and oxygen atoms in total. The monoisotopic (exact) mass is 312 g/mol. The molecular formula is C18H20N2O3. The molecular weight excluding hydrogens is 292 g/mol. The molecule has 0 radical (unpaired) electrons. The molecule has 0 unspecified atom stereocenters. The lowest BCUT2D eigenvalue weighted by atomic mass is 10.0. The first kappa shape index (κ1) is 16.8. The Morgan fingerprint density at radius 1 is 1.30 bits per heavy atom. The lowest BCUT2D eigenvalue weighted by molar-refractivity contribution is -0.122. The summed E-state index contributed by atoms with van der Waals surface area (Å²) in [7, 11) is 3.11. The summed E-state index contributed by atoms with van der Waals surface area (Å²) in [4.78, 5) is 12.3. The second-order valence-electron chi connectivity index (χ2n) is 5.61. The number of rotatable bonds is 6. The average molecular weight is 312 g/mol. The van der Waals surface area contributed by atoms with Crippen LogP contribution in [-0.4, -0.2) is 32.3 Å². The van der Waals surface area contributed by atoms with E-state index in [1.165, 1.54) is 7.11 Å². The molecule has 1 N–H and O–H groups in total. The van der Waals surface area contributed by atoms with Gasteiger partial charge in [0.2, 0.25) is 5.91 Å². The molecule has 0 aliphatic heterocycles. The summed E-state index contributed by atoms with van der Waals surface area (Å²) in [6, 6.07) is 13.6. The van der Waals surface area contributed by atoms with Crippen molar-refractivity contribution in [3.63, 3.8) is 0 Å². The van der Waals surface area contributed by atoms with Crippen LogP contribution in [0.5, 0.6) is 5.75 Å². The molecule has 2 aromatic carbocycles. The van der Waals surface area contributed by atoms with Crippen LogP contribution in [0.1, 0.15) is 12.5 Å². The predicted molar refractivity (Wildman–Crippen MR) is 88.2 cm³/mol. The molecule has 0 aromatic heterocycles. The number of ether oxygens (including phenoxy) is 2. The van der Waals surface area contributed by atoms with Crippen molar-refractivity contribution in [1.82, 2.24) is 5.32 Å². The number of carbonyl (C=O) groups excluding carboxylic acids is 1. The summed E-state index contributed by atoms with van der Waals surface area (Å²) in [5.41, 5.74) is -0.148. The van der Waals surface area contributed by atoms with Crippen LogP contribution in [0.2, 0.25) is 0 Å². The minimum Gasteiger partial charge on any atom is -0.497 e. The Labute approximate surface area is 135 Å². The lowest BCUT2D eigenvalue weighted by Crippen LogP contribution is -2.48. The molecule has 0 bridgehead atoms. The Hall–Kier alpha value is -2.58. The van der Waals surface area contributed by atoms with Crippen molar-refractivity contribution in [2.75, 3.05) is 20.8 Å². The number of carbonyl (C=O) groups is 1. The minimum atomic E-state index is -1.03. The molecule has 1 atom stereocenters. The number of hydrogen-bond acceptors (Lipinski definition) is 4. The number of nitrogens with zero attached hydrogens (tertiary/aromatic N) is 1. The third kappa shape index (κ3) is 3.99. The van der Waals surface area contributed by atoms with E-state index < -0.39 is 5.54 Å². The highest BCUT2D eigenvalue weighted by atomic mass is 16.5. The lowest BCUT2D eigenvalue weighted by Gasteiger charge is -2.22. The molecule has 0 saturated carbocycles. The third-order valence-corrected chi connectivity index (χ3v) is 3.63. The van der Waals surface area contributed by atoms with Gasteiger partial charge >= 0.3 is 0 Å². The summed E-state index contributed by atoms with van der Waals surface area (Å²) >= 11 is 0. The zero-order chi connectivity index (χ0) is 16.9. The first-order valence-electron chi connectivity index (χ1n) is 7.28. The number of hydrogen-bond donors (Lipinski definition) is 1. The van der Waals surface area contributed by atoms with Crippen LogP contribution in [-0.2, 0) is 16.0 Å². The second kappa shape index (κ2) is 7.12. The van der Waals surface area contributed by atoms with Gasteiger partial charge in [0.05, 0.1) is 26.2 Å². The zero-order valence-corrected chi connectivity index (χ0v) is 13.6. The Kier molecular flexibility index (Phi) is 5.20. The van der Waals surface area contributed by atoms with Crippen LogP contribution in [0.15, 0.2) is 36.4 Å². The van der Waals surface area contributed by atoms with Crippen molar-refractivity contribution in [2.45, 2.75) is 18.9 Å². The SMILES string of the molecule is COC[C@@](C)(C#N)NC(=O)Cc1cccc2ccc(OC)cc12. The summed E-state index contributed by atoms with van der Waals surface area (Å²) < 4.78 is 10.2. The smallest absolute Gasteiger partial charge is 0.225 e. The van der Waals surface area contributed by atoms with Crippen LogP contribution < -0.4 is 10.1 Å². The van der Waals surface area contributed by atoms with E-state index >= 15 is 0 Å². The molecule has 0 aliphatic rings. The van der Waals surface area contributed by atoms with Gasteiger partial charge in [-0.1, -0.05) is 24.3 Å².